The summed E-state index contributed by atoms with van der Waals surface area (Å²) in [4.78, 5) is 15.9. The molecule has 1 rings (SSSR count). The minimum Gasteiger partial charge on any atom is -0.476 e. The minimum absolute atomic E-state index is 0.104. The predicted octanol–water partition coefficient (Wildman–Crippen LogP) is 0.832. The number of hydrogen-bond acceptors (Lipinski definition) is 4. The van der Waals surface area contributed by atoms with Crippen LogP contribution in [0, 0.1) is 12.3 Å². The van der Waals surface area contributed by atoms with Gasteiger partial charge in [-0.3, -0.25) is 0 Å². The quantitative estimate of drug-likeness (QED) is 0.719. The Labute approximate surface area is 81.3 Å². The largest absolute Gasteiger partial charge is 0.476 e. The average molecular weight is 194 g/mol. The zero-order valence-corrected chi connectivity index (χ0v) is 7.73. The van der Waals surface area contributed by atoms with E-state index in [9.17, 15) is 4.79 Å². The van der Waals surface area contributed by atoms with Crippen LogP contribution in [-0.4, -0.2) is 29.7 Å². The molecule has 0 aliphatic rings. The topological polar surface area (TPSA) is 66.6 Å². The third-order valence-corrected chi connectivity index (χ3v) is 1.63. The summed E-state index contributed by atoms with van der Waals surface area (Å²) in [6, 6.07) is 0.262. The van der Waals surface area contributed by atoms with E-state index in [4.69, 9.17) is 15.9 Å². The van der Waals surface area contributed by atoms with E-state index in [1.165, 1.54) is 0 Å². The molecule has 5 heteroatoms. The normalized spacial score (nSPS) is 9.43. The van der Waals surface area contributed by atoms with Gasteiger partial charge < -0.3 is 14.4 Å². The molecule has 0 spiro atoms. The monoisotopic (exact) mass is 194 g/mol. The van der Waals surface area contributed by atoms with Crippen LogP contribution in [0.4, 0.5) is 6.01 Å². The average Bonchev–Trinajstić information content (AvgIpc) is 2.62. The first-order chi connectivity index (χ1) is 6.65. The first-order valence-electron chi connectivity index (χ1n) is 3.98. The van der Waals surface area contributed by atoms with Gasteiger partial charge >= 0.3 is 5.97 Å². The van der Waals surface area contributed by atoms with Gasteiger partial charge in [0.1, 0.15) is 6.26 Å². The van der Waals surface area contributed by atoms with Gasteiger partial charge in [-0.1, -0.05) is 0 Å². The summed E-state index contributed by atoms with van der Waals surface area (Å²) in [5, 5.41) is 8.58. The summed E-state index contributed by atoms with van der Waals surface area (Å²) in [5.41, 5.74) is -0.104. The van der Waals surface area contributed by atoms with Gasteiger partial charge in [-0.2, -0.15) is 4.98 Å². The van der Waals surface area contributed by atoms with Gasteiger partial charge in [0, 0.05) is 20.0 Å². The molecule has 0 radical (unpaired) electrons. The van der Waals surface area contributed by atoms with Crippen molar-refractivity contribution in [3.05, 3.63) is 12.0 Å². The van der Waals surface area contributed by atoms with Gasteiger partial charge in [-0.15, -0.1) is 12.3 Å². The molecule has 0 saturated carbocycles. The number of rotatable bonds is 4. The molecule has 0 fully saturated rings. The van der Waals surface area contributed by atoms with E-state index >= 15 is 0 Å². The highest BCUT2D eigenvalue weighted by Crippen LogP contribution is 2.11. The smallest absolute Gasteiger partial charge is 0.357 e. The van der Waals surface area contributed by atoms with Gasteiger partial charge in [0.05, 0.1) is 0 Å². The molecular formula is C9H10N2O3. The maximum Gasteiger partial charge on any atom is 0.357 e. The fraction of sp³-hybridized carbons (Fsp3) is 0.333. The summed E-state index contributed by atoms with van der Waals surface area (Å²) < 4.78 is 4.95. The molecule has 0 aliphatic carbocycles. The summed E-state index contributed by atoms with van der Waals surface area (Å²) in [6.45, 7) is 0.579. The Bertz CT molecular complexity index is 364. The van der Waals surface area contributed by atoms with Crippen molar-refractivity contribution in [2.24, 2.45) is 0 Å². The molecule has 0 bridgehead atoms. The SMILES string of the molecule is C#CCCN(C)c1nc(C(=O)O)co1. The van der Waals surface area contributed by atoms with Crippen molar-refractivity contribution in [3.63, 3.8) is 0 Å². The van der Waals surface area contributed by atoms with E-state index < -0.39 is 5.97 Å². The van der Waals surface area contributed by atoms with Crippen molar-refractivity contribution in [2.45, 2.75) is 6.42 Å². The third kappa shape index (κ3) is 2.26. The number of hydrogen-bond donors (Lipinski definition) is 1. The summed E-state index contributed by atoms with van der Waals surface area (Å²) in [6.07, 6.45) is 6.74. The molecule has 0 unspecified atom stereocenters. The Morgan fingerprint density at radius 3 is 3.07 bits per heavy atom. The van der Waals surface area contributed by atoms with Crippen LogP contribution >= 0.6 is 0 Å². The highest BCUT2D eigenvalue weighted by atomic mass is 16.4. The molecule has 14 heavy (non-hydrogen) atoms. The van der Waals surface area contributed by atoms with Crippen molar-refractivity contribution < 1.29 is 14.3 Å². The van der Waals surface area contributed by atoms with Gasteiger partial charge in [0.25, 0.3) is 6.01 Å². The standard InChI is InChI=1S/C9H10N2O3/c1-3-4-5-11(2)9-10-7(6-14-9)8(12)13/h1,6H,4-5H2,2H3,(H,12,13). The van der Waals surface area contributed by atoms with Crippen LogP contribution in [0.25, 0.3) is 0 Å². The van der Waals surface area contributed by atoms with Crippen molar-refractivity contribution in [3.8, 4) is 12.3 Å². The van der Waals surface area contributed by atoms with E-state index in [0.717, 1.165) is 6.26 Å². The number of carboxylic acid groups (broad SMARTS) is 1. The summed E-state index contributed by atoms with van der Waals surface area (Å²) >= 11 is 0. The first-order valence-corrected chi connectivity index (χ1v) is 3.98. The molecule has 0 saturated heterocycles. The Kier molecular flexibility index (Phi) is 3.13. The number of carboxylic acids is 1. The molecule has 74 valence electrons. The van der Waals surface area contributed by atoms with Crippen molar-refractivity contribution in [1.82, 2.24) is 4.98 Å². The molecule has 1 aromatic rings. The fourth-order valence-electron chi connectivity index (χ4n) is 0.866. The highest BCUT2D eigenvalue weighted by molar-refractivity contribution is 5.85. The number of carbonyl (C=O) groups is 1. The molecule has 0 amide bonds. The van der Waals surface area contributed by atoms with Gasteiger partial charge in [-0.05, 0) is 0 Å². The number of aromatic carboxylic acids is 1. The summed E-state index contributed by atoms with van der Waals surface area (Å²) in [5.74, 6) is 1.36. The fourth-order valence-corrected chi connectivity index (χ4v) is 0.866. The first kappa shape index (κ1) is 10.1. The lowest BCUT2D eigenvalue weighted by Gasteiger charge is -2.11. The Morgan fingerprint density at radius 1 is 1.86 bits per heavy atom. The van der Waals surface area contributed by atoms with Crippen LogP contribution in [0.1, 0.15) is 16.9 Å². The zero-order valence-electron chi connectivity index (χ0n) is 7.73. The number of nitrogens with zero attached hydrogens (tertiary/aromatic N) is 2. The van der Waals surface area contributed by atoms with Crippen molar-refractivity contribution in [1.29, 1.82) is 0 Å². The van der Waals surface area contributed by atoms with Crippen LogP contribution in [0.15, 0.2) is 10.7 Å². The van der Waals surface area contributed by atoms with Gasteiger partial charge in [0.15, 0.2) is 5.69 Å². The predicted molar refractivity (Wildman–Crippen MR) is 50.2 cm³/mol. The highest BCUT2D eigenvalue weighted by Gasteiger charge is 2.12. The Balaban J connectivity index is 2.67. The van der Waals surface area contributed by atoms with Crippen LogP contribution in [0.5, 0.6) is 0 Å². The van der Waals surface area contributed by atoms with Crippen LogP contribution in [-0.2, 0) is 0 Å². The second-order valence-electron chi connectivity index (χ2n) is 2.70. The summed E-state index contributed by atoms with van der Waals surface area (Å²) in [7, 11) is 1.73. The van der Waals surface area contributed by atoms with E-state index in [2.05, 4.69) is 10.9 Å². The van der Waals surface area contributed by atoms with Crippen molar-refractivity contribution >= 4 is 12.0 Å². The number of aromatic nitrogens is 1. The lowest BCUT2D eigenvalue weighted by Crippen LogP contribution is -2.18. The molecule has 5 nitrogen and oxygen atoms in total. The van der Waals surface area contributed by atoms with E-state index in [-0.39, 0.29) is 11.7 Å². The van der Waals surface area contributed by atoms with Gasteiger partial charge in [-0.25, -0.2) is 4.79 Å². The van der Waals surface area contributed by atoms with E-state index in [0.29, 0.717) is 13.0 Å². The Morgan fingerprint density at radius 2 is 2.57 bits per heavy atom. The zero-order chi connectivity index (χ0) is 10.6. The number of terminal acetylenes is 1. The maximum atomic E-state index is 10.5. The molecule has 1 heterocycles. The van der Waals surface area contributed by atoms with E-state index in [1.807, 2.05) is 0 Å². The minimum atomic E-state index is -1.11. The van der Waals surface area contributed by atoms with E-state index in [1.54, 1.807) is 11.9 Å². The molecular weight excluding hydrogens is 184 g/mol. The molecule has 1 aromatic heterocycles. The van der Waals surface area contributed by atoms with Crippen molar-refractivity contribution in [2.75, 3.05) is 18.5 Å². The number of oxazole rings is 1. The van der Waals surface area contributed by atoms with Crippen LogP contribution in [0.2, 0.25) is 0 Å². The second kappa shape index (κ2) is 4.33. The Hall–Kier alpha value is -1.96. The molecule has 0 aromatic carbocycles. The lowest BCUT2D eigenvalue weighted by atomic mass is 10.4. The second-order valence-corrected chi connectivity index (χ2v) is 2.70. The molecule has 1 N–H and O–H groups in total. The van der Waals surface area contributed by atoms with Crippen LogP contribution in [0.3, 0.4) is 0 Å². The third-order valence-electron chi connectivity index (χ3n) is 1.63. The molecule has 0 aliphatic heterocycles. The number of anilines is 1. The van der Waals surface area contributed by atoms with Crippen LogP contribution < -0.4 is 4.90 Å². The van der Waals surface area contributed by atoms with Gasteiger partial charge in [0.2, 0.25) is 0 Å². The molecule has 0 atom stereocenters. The maximum absolute atomic E-state index is 10.5. The lowest BCUT2D eigenvalue weighted by molar-refractivity contribution is 0.0690.